The number of anilines is 1. The van der Waals surface area contributed by atoms with Gasteiger partial charge < -0.3 is 4.74 Å². The van der Waals surface area contributed by atoms with Gasteiger partial charge >= 0.3 is 0 Å². The highest BCUT2D eigenvalue weighted by molar-refractivity contribution is 7.17. The van der Waals surface area contributed by atoms with Crippen LogP contribution in [-0.4, -0.2) is 28.3 Å². The number of carbonyl (C=O) groups excluding carboxylic acids is 2. The molecule has 0 aromatic carbocycles. The maximum Gasteiger partial charge on any atom is 0.264 e. The average molecular weight is 303 g/mol. The number of nitrogens with zero attached hydrogens (tertiary/aromatic N) is 2. The van der Waals surface area contributed by atoms with Gasteiger partial charge in [-0.15, -0.1) is 0 Å². The number of thiazole rings is 1. The number of aromatic nitrogens is 2. The molecule has 2 heterocycles. The van der Waals surface area contributed by atoms with Crippen molar-refractivity contribution in [3.63, 3.8) is 0 Å². The van der Waals surface area contributed by atoms with Crippen LogP contribution in [0.25, 0.3) is 0 Å². The second kappa shape index (κ2) is 6.01. The zero-order valence-electron chi connectivity index (χ0n) is 11.2. The van der Waals surface area contributed by atoms with Gasteiger partial charge in [-0.1, -0.05) is 11.3 Å². The zero-order valence-corrected chi connectivity index (χ0v) is 12.0. The normalized spacial score (nSPS) is 13.6. The zero-order chi connectivity index (χ0) is 14.7. The summed E-state index contributed by atoms with van der Waals surface area (Å²) in [5, 5.41) is 3.11. The molecule has 1 aliphatic rings. The molecule has 108 valence electrons. The van der Waals surface area contributed by atoms with Crippen LogP contribution in [0, 0.1) is 0 Å². The quantitative estimate of drug-likeness (QED) is 0.935. The number of hydrogen-bond donors (Lipinski definition) is 1. The summed E-state index contributed by atoms with van der Waals surface area (Å²) in [4.78, 5) is 32.4. The Kier molecular flexibility index (Phi) is 3.92. The Morgan fingerprint density at radius 2 is 2.33 bits per heavy atom. The van der Waals surface area contributed by atoms with Crippen molar-refractivity contribution in [1.29, 1.82) is 0 Å². The first-order chi connectivity index (χ1) is 10.2. The molecule has 7 heteroatoms. The van der Waals surface area contributed by atoms with Crippen LogP contribution in [0.3, 0.4) is 0 Å². The molecule has 0 fully saturated rings. The summed E-state index contributed by atoms with van der Waals surface area (Å²) < 4.78 is 5.30. The van der Waals surface area contributed by atoms with Crippen molar-refractivity contribution >= 4 is 28.2 Å². The van der Waals surface area contributed by atoms with Gasteiger partial charge in [0.2, 0.25) is 0 Å². The molecule has 3 rings (SSSR count). The molecule has 0 unspecified atom stereocenters. The van der Waals surface area contributed by atoms with Gasteiger partial charge in [0.15, 0.2) is 17.5 Å². The summed E-state index contributed by atoms with van der Waals surface area (Å²) in [6.07, 6.45) is 5.34. The molecule has 21 heavy (non-hydrogen) atoms. The fourth-order valence-electron chi connectivity index (χ4n) is 2.06. The number of nitrogens with one attached hydrogen (secondary N) is 1. The van der Waals surface area contributed by atoms with Gasteiger partial charge in [0.25, 0.3) is 5.91 Å². The number of amides is 1. The molecule has 6 nitrogen and oxygen atoms in total. The van der Waals surface area contributed by atoms with Gasteiger partial charge in [-0.3, -0.25) is 19.9 Å². The summed E-state index contributed by atoms with van der Waals surface area (Å²) in [5.41, 5.74) is 0.791. The van der Waals surface area contributed by atoms with E-state index in [1.807, 2.05) is 0 Å². The minimum Gasteiger partial charge on any atom is -0.482 e. The van der Waals surface area contributed by atoms with Crippen molar-refractivity contribution in [2.24, 2.45) is 0 Å². The van der Waals surface area contributed by atoms with E-state index in [2.05, 4.69) is 15.3 Å². The predicted molar refractivity (Wildman–Crippen MR) is 77.7 cm³/mol. The maximum atomic E-state index is 11.8. The van der Waals surface area contributed by atoms with E-state index in [0.29, 0.717) is 22.2 Å². The van der Waals surface area contributed by atoms with Crippen molar-refractivity contribution in [2.75, 3.05) is 11.9 Å². The van der Waals surface area contributed by atoms with Crippen molar-refractivity contribution in [3.8, 4) is 5.75 Å². The number of rotatable bonds is 4. The summed E-state index contributed by atoms with van der Waals surface area (Å²) in [6, 6.07) is 3.45. The van der Waals surface area contributed by atoms with Gasteiger partial charge in [-0.05, 0) is 25.0 Å². The van der Waals surface area contributed by atoms with E-state index in [1.54, 1.807) is 18.3 Å². The third kappa shape index (κ3) is 3.25. The highest BCUT2D eigenvalue weighted by Gasteiger charge is 2.22. The number of ketones is 1. The molecule has 0 aliphatic heterocycles. The van der Waals surface area contributed by atoms with Crippen LogP contribution >= 0.6 is 11.3 Å². The third-order valence-electron chi connectivity index (χ3n) is 3.02. The van der Waals surface area contributed by atoms with E-state index in [9.17, 15) is 9.59 Å². The van der Waals surface area contributed by atoms with Gasteiger partial charge in [-0.25, -0.2) is 4.98 Å². The first kappa shape index (κ1) is 13.7. The maximum absolute atomic E-state index is 11.8. The van der Waals surface area contributed by atoms with Gasteiger partial charge in [0, 0.05) is 12.6 Å². The minimum atomic E-state index is -0.308. The smallest absolute Gasteiger partial charge is 0.264 e. The van der Waals surface area contributed by atoms with Gasteiger partial charge in [0.1, 0.15) is 5.75 Å². The van der Waals surface area contributed by atoms with Crippen LogP contribution in [0.2, 0.25) is 0 Å². The number of aryl methyl sites for hydroxylation is 1. The topological polar surface area (TPSA) is 81.2 Å². The highest BCUT2D eigenvalue weighted by atomic mass is 32.1. The fraction of sp³-hybridized carbons (Fsp3) is 0.286. The van der Waals surface area contributed by atoms with E-state index in [-0.39, 0.29) is 18.3 Å². The summed E-state index contributed by atoms with van der Waals surface area (Å²) >= 11 is 1.23. The Bertz CT molecular complexity index is 669. The molecule has 2 aromatic heterocycles. The second-order valence-electron chi connectivity index (χ2n) is 4.60. The third-order valence-corrected chi connectivity index (χ3v) is 4.07. The molecule has 0 bridgehead atoms. The van der Waals surface area contributed by atoms with Crippen molar-refractivity contribution in [3.05, 3.63) is 35.1 Å². The molecular formula is C14H13N3O3S. The monoisotopic (exact) mass is 303 g/mol. The molecule has 1 amide bonds. The summed E-state index contributed by atoms with van der Waals surface area (Å²) in [5.74, 6) is 0.333. The number of Topliss-reactive ketones (excluding diaryl/α,β-unsaturated/α-hetero) is 1. The van der Waals surface area contributed by atoms with Crippen molar-refractivity contribution in [2.45, 2.75) is 19.3 Å². The molecule has 0 saturated heterocycles. The molecule has 0 spiro atoms. The van der Waals surface area contributed by atoms with E-state index >= 15 is 0 Å². The number of ether oxygens (including phenoxy) is 1. The lowest BCUT2D eigenvalue weighted by Crippen LogP contribution is -2.20. The van der Waals surface area contributed by atoms with Crippen LogP contribution < -0.4 is 10.1 Å². The molecular weight excluding hydrogens is 290 g/mol. The van der Waals surface area contributed by atoms with Gasteiger partial charge in [0.05, 0.1) is 16.8 Å². The van der Waals surface area contributed by atoms with Crippen LogP contribution in [-0.2, 0) is 11.2 Å². The van der Waals surface area contributed by atoms with E-state index in [0.717, 1.165) is 18.5 Å². The largest absolute Gasteiger partial charge is 0.482 e. The van der Waals surface area contributed by atoms with Crippen molar-refractivity contribution < 1.29 is 14.3 Å². The average Bonchev–Trinajstić information content (AvgIpc) is 2.90. The Hall–Kier alpha value is -2.28. The molecule has 0 radical (unpaired) electrons. The highest BCUT2D eigenvalue weighted by Crippen LogP contribution is 2.29. The SMILES string of the molecule is O=C(COc1cccnc1)Nc1nc2c(s1)C(=O)CCC2. The van der Waals surface area contributed by atoms with E-state index in [4.69, 9.17) is 4.74 Å². The number of carbonyl (C=O) groups is 2. The number of hydrogen-bond acceptors (Lipinski definition) is 6. The Morgan fingerprint density at radius 3 is 3.10 bits per heavy atom. The lowest BCUT2D eigenvalue weighted by Gasteiger charge is -2.05. The van der Waals surface area contributed by atoms with Crippen LogP contribution in [0.5, 0.6) is 5.75 Å². The number of pyridine rings is 1. The summed E-state index contributed by atoms with van der Waals surface area (Å²) in [6.45, 7) is -0.121. The van der Waals surface area contributed by atoms with Crippen LogP contribution in [0.1, 0.15) is 28.2 Å². The Balaban J connectivity index is 1.59. The van der Waals surface area contributed by atoms with Crippen molar-refractivity contribution in [1.82, 2.24) is 9.97 Å². The fourth-order valence-corrected chi connectivity index (χ4v) is 3.05. The van der Waals surface area contributed by atoms with Crippen LogP contribution in [0.4, 0.5) is 5.13 Å². The molecule has 2 aromatic rings. The first-order valence-electron chi connectivity index (χ1n) is 6.58. The summed E-state index contributed by atoms with van der Waals surface area (Å²) in [7, 11) is 0. The van der Waals surface area contributed by atoms with Crippen LogP contribution in [0.15, 0.2) is 24.5 Å². The lowest BCUT2D eigenvalue weighted by molar-refractivity contribution is -0.118. The predicted octanol–water partition coefficient (Wildman–Crippen LogP) is 2.07. The molecule has 0 saturated carbocycles. The lowest BCUT2D eigenvalue weighted by atomic mass is 10.0. The number of fused-ring (bicyclic) bond motifs is 1. The van der Waals surface area contributed by atoms with E-state index < -0.39 is 0 Å². The standard InChI is InChI=1S/C14H13N3O3S/c18-11-5-1-4-10-13(11)21-14(16-10)17-12(19)8-20-9-3-2-6-15-7-9/h2-3,6-7H,1,4-5,8H2,(H,16,17,19). The van der Waals surface area contributed by atoms with E-state index in [1.165, 1.54) is 17.5 Å². The van der Waals surface area contributed by atoms with Gasteiger partial charge in [-0.2, -0.15) is 0 Å². The molecule has 1 N–H and O–H groups in total. The Morgan fingerprint density at radius 1 is 1.43 bits per heavy atom. The molecule has 1 aliphatic carbocycles. The second-order valence-corrected chi connectivity index (χ2v) is 5.60. The first-order valence-corrected chi connectivity index (χ1v) is 7.39. The molecule has 0 atom stereocenters. The minimum absolute atomic E-state index is 0.112. The Labute approximate surface area is 125 Å².